The molecule has 0 bridgehead atoms. The first-order valence-electron chi connectivity index (χ1n) is 7.62. The highest BCUT2D eigenvalue weighted by molar-refractivity contribution is 7.89. The van der Waals surface area contributed by atoms with Crippen molar-refractivity contribution in [2.24, 2.45) is 17.0 Å². The van der Waals surface area contributed by atoms with Crippen molar-refractivity contribution in [3.8, 4) is 0 Å². The fourth-order valence-electron chi connectivity index (χ4n) is 3.82. The number of nitrogens with two attached hydrogens (primary N) is 2. The number of anilines is 2. The maximum atomic E-state index is 11.4. The molecule has 4 N–H and O–H groups in total. The molecule has 1 aromatic rings. The standard InChI is InChI=1S/C15H23N3O2S/c16-14-9-13(21(17,19)20)5-6-15(14)18-8-7-11-3-1-2-4-12(11)10-18/h5-6,9,11-12H,1-4,7-8,10,16H2,(H2,17,19,20). The molecule has 1 aliphatic carbocycles. The van der Waals surface area contributed by atoms with Crippen LogP contribution in [-0.4, -0.2) is 21.5 Å². The number of piperidine rings is 1. The van der Waals surface area contributed by atoms with E-state index in [1.54, 1.807) is 12.1 Å². The summed E-state index contributed by atoms with van der Waals surface area (Å²) in [4.78, 5) is 2.38. The lowest BCUT2D eigenvalue weighted by molar-refractivity contribution is 0.202. The predicted molar refractivity (Wildman–Crippen MR) is 84.5 cm³/mol. The maximum Gasteiger partial charge on any atom is 0.238 e. The van der Waals surface area contributed by atoms with Gasteiger partial charge in [0.25, 0.3) is 0 Å². The van der Waals surface area contributed by atoms with Crippen molar-refractivity contribution in [3.05, 3.63) is 18.2 Å². The Morgan fingerprint density at radius 3 is 2.48 bits per heavy atom. The topological polar surface area (TPSA) is 89.4 Å². The van der Waals surface area contributed by atoms with Crippen LogP contribution in [0.2, 0.25) is 0 Å². The minimum absolute atomic E-state index is 0.0799. The molecule has 5 nitrogen and oxygen atoms in total. The van der Waals surface area contributed by atoms with Crippen LogP contribution in [0.25, 0.3) is 0 Å². The molecule has 2 aliphatic rings. The first-order chi connectivity index (χ1) is 9.95. The highest BCUT2D eigenvalue weighted by Gasteiger charge is 2.31. The van der Waals surface area contributed by atoms with E-state index in [0.717, 1.165) is 30.6 Å². The minimum Gasteiger partial charge on any atom is -0.397 e. The molecule has 1 aromatic carbocycles. The summed E-state index contributed by atoms with van der Waals surface area (Å²) in [7, 11) is -3.69. The number of nitrogen functional groups attached to an aromatic ring is 1. The Labute approximate surface area is 126 Å². The molecular formula is C15H23N3O2S. The van der Waals surface area contributed by atoms with Gasteiger partial charge in [0.2, 0.25) is 10.0 Å². The van der Waals surface area contributed by atoms with Gasteiger partial charge in [0, 0.05) is 13.1 Å². The normalized spacial score (nSPS) is 26.4. The first-order valence-corrected chi connectivity index (χ1v) is 9.17. The average Bonchev–Trinajstić information content (AvgIpc) is 2.45. The fourth-order valence-corrected chi connectivity index (χ4v) is 4.37. The smallest absolute Gasteiger partial charge is 0.238 e. The second-order valence-corrected chi connectivity index (χ2v) is 7.87. The largest absolute Gasteiger partial charge is 0.397 e. The van der Waals surface area contributed by atoms with Crippen LogP contribution in [0.1, 0.15) is 32.1 Å². The molecule has 2 atom stereocenters. The van der Waals surface area contributed by atoms with E-state index < -0.39 is 10.0 Å². The summed E-state index contributed by atoms with van der Waals surface area (Å²) in [6.07, 6.45) is 6.57. The van der Waals surface area contributed by atoms with Gasteiger partial charge in [-0.1, -0.05) is 19.3 Å². The number of fused-ring (bicyclic) bond motifs is 1. The Kier molecular flexibility index (Phi) is 3.84. The third-order valence-corrected chi connectivity index (χ3v) is 5.87. The van der Waals surface area contributed by atoms with Crippen LogP contribution >= 0.6 is 0 Å². The molecule has 6 heteroatoms. The minimum atomic E-state index is -3.69. The molecule has 116 valence electrons. The van der Waals surface area contributed by atoms with Crippen molar-refractivity contribution in [1.29, 1.82) is 0 Å². The van der Waals surface area contributed by atoms with Crippen molar-refractivity contribution in [2.75, 3.05) is 23.7 Å². The fraction of sp³-hybridized carbons (Fsp3) is 0.600. The Morgan fingerprint density at radius 1 is 1.10 bits per heavy atom. The lowest BCUT2D eigenvalue weighted by atomic mass is 9.75. The summed E-state index contributed by atoms with van der Waals surface area (Å²) < 4.78 is 22.7. The zero-order chi connectivity index (χ0) is 15.0. The van der Waals surface area contributed by atoms with E-state index in [-0.39, 0.29) is 4.90 Å². The van der Waals surface area contributed by atoms with E-state index in [4.69, 9.17) is 10.9 Å². The molecule has 21 heavy (non-hydrogen) atoms. The third-order valence-electron chi connectivity index (χ3n) is 4.96. The number of rotatable bonds is 2. The van der Waals surface area contributed by atoms with Gasteiger partial charge in [-0.2, -0.15) is 0 Å². The lowest BCUT2D eigenvalue weighted by Crippen LogP contribution is -2.42. The number of sulfonamides is 1. The van der Waals surface area contributed by atoms with Crippen molar-refractivity contribution < 1.29 is 8.42 Å². The van der Waals surface area contributed by atoms with E-state index in [1.807, 2.05) is 0 Å². The summed E-state index contributed by atoms with van der Waals surface area (Å²) in [5.41, 5.74) is 7.49. The molecule has 1 heterocycles. The van der Waals surface area contributed by atoms with Gasteiger partial charge in [-0.05, 0) is 42.9 Å². The van der Waals surface area contributed by atoms with Crippen LogP contribution in [0.5, 0.6) is 0 Å². The zero-order valence-corrected chi connectivity index (χ0v) is 13.0. The SMILES string of the molecule is Nc1cc(S(N)(=O)=O)ccc1N1CCC2CCCCC2C1. The molecule has 1 saturated heterocycles. The molecule has 2 fully saturated rings. The number of hydrogen-bond donors (Lipinski definition) is 2. The van der Waals surface area contributed by atoms with Crippen LogP contribution in [0, 0.1) is 11.8 Å². The maximum absolute atomic E-state index is 11.4. The van der Waals surface area contributed by atoms with E-state index in [9.17, 15) is 8.42 Å². The molecule has 1 aliphatic heterocycles. The highest BCUT2D eigenvalue weighted by atomic mass is 32.2. The van der Waals surface area contributed by atoms with Crippen molar-refractivity contribution in [3.63, 3.8) is 0 Å². The Bertz CT molecular complexity index is 630. The van der Waals surface area contributed by atoms with Crippen LogP contribution in [0.15, 0.2) is 23.1 Å². The zero-order valence-electron chi connectivity index (χ0n) is 12.2. The Hall–Kier alpha value is -1.27. The molecule has 2 unspecified atom stereocenters. The van der Waals surface area contributed by atoms with Gasteiger partial charge in [-0.3, -0.25) is 0 Å². The number of nitrogens with zero attached hydrogens (tertiary/aromatic N) is 1. The summed E-state index contributed by atoms with van der Waals surface area (Å²) in [6.45, 7) is 2.03. The molecule has 3 rings (SSSR count). The van der Waals surface area contributed by atoms with Crippen LogP contribution in [0.4, 0.5) is 11.4 Å². The van der Waals surface area contributed by atoms with Crippen molar-refractivity contribution in [1.82, 2.24) is 0 Å². The van der Waals surface area contributed by atoms with E-state index in [0.29, 0.717) is 5.69 Å². The average molecular weight is 309 g/mol. The Morgan fingerprint density at radius 2 is 1.81 bits per heavy atom. The number of hydrogen-bond acceptors (Lipinski definition) is 4. The number of primary sulfonamides is 1. The third kappa shape index (κ3) is 3.01. The molecule has 0 aromatic heterocycles. The summed E-state index contributed by atoms with van der Waals surface area (Å²) in [5, 5.41) is 5.14. The van der Waals surface area contributed by atoms with Crippen LogP contribution in [0.3, 0.4) is 0 Å². The molecule has 1 saturated carbocycles. The van der Waals surface area contributed by atoms with Gasteiger partial charge in [0.15, 0.2) is 0 Å². The van der Waals surface area contributed by atoms with E-state index in [1.165, 1.54) is 38.2 Å². The molecule has 0 spiro atoms. The number of benzene rings is 1. The second kappa shape index (κ2) is 5.50. The summed E-state index contributed by atoms with van der Waals surface area (Å²) in [6, 6.07) is 4.81. The predicted octanol–water partition coefficient (Wildman–Crippen LogP) is 1.93. The van der Waals surface area contributed by atoms with Gasteiger partial charge >= 0.3 is 0 Å². The van der Waals surface area contributed by atoms with Gasteiger partial charge in [-0.15, -0.1) is 0 Å². The monoisotopic (exact) mass is 309 g/mol. The van der Waals surface area contributed by atoms with Gasteiger partial charge in [-0.25, -0.2) is 13.6 Å². The molecular weight excluding hydrogens is 286 g/mol. The summed E-state index contributed by atoms with van der Waals surface area (Å²) >= 11 is 0. The van der Waals surface area contributed by atoms with Gasteiger partial charge < -0.3 is 10.6 Å². The van der Waals surface area contributed by atoms with E-state index >= 15 is 0 Å². The molecule has 0 radical (unpaired) electrons. The van der Waals surface area contributed by atoms with Gasteiger partial charge in [0.1, 0.15) is 0 Å². The molecule has 0 amide bonds. The van der Waals surface area contributed by atoms with Crippen molar-refractivity contribution >= 4 is 21.4 Å². The second-order valence-electron chi connectivity index (χ2n) is 6.30. The lowest BCUT2D eigenvalue weighted by Gasteiger charge is -2.42. The quantitative estimate of drug-likeness (QED) is 0.817. The highest BCUT2D eigenvalue weighted by Crippen LogP contribution is 2.38. The van der Waals surface area contributed by atoms with Gasteiger partial charge in [0.05, 0.1) is 16.3 Å². The Balaban J connectivity index is 1.81. The van der Waals surface area contributed by atoms with Crippen LogP contribution in [-0.2, 0) is 10.0 Å². The first kappa shape index (κ1) is 14.7. The summed E-state index contributed by atoms with van der Waals surface area (Å²) in [5.74, 6) is 1.62. The van der Waals surface area contributed by atoms with E-state index in [2.05, 4.69) is 4.90 Å². The van der Waals surface area contributed by atoms with Crippen LogP contribution < -0.4 is 15.8 Å². The van der Waals surface area contributed by atoms with Crippen molar-refractivity contribution in [2.45, 2.75) is 37.0 Å².